The zero-order chi connectivity index (χ0) is 33.4. The van der Waals surface area contributed by atoms with E-state index in [0.717, 1.165) is 16.7 Å². The van der Waals surface area contributed by atoms with Gasteiger partial charge in [-0.2, -0.15) is 26.3 Å². The molecule has 1 unspecified atom stereocenters. The van der Waals surface area contributed by atoms with Gasteiger partial charge in [0.1, 0.15) is 37.1 Å². The van der Waals surface area contributed by atoms with Crippen molar-refractivity contribution in [2.45, 2.75) is 32.2 Å². The molecule has 47 heavy (non-hydrogen) atoms. The molecule has 5 aromatic rings. The summed E-state index contributed by atoms with van der Waals surface area (Å²) in [7, 11) is -1.23. The van der Waals surface area contributed by atoms with Crippen LogP contribution in [0.15, 0.2) is 121 Å². The van der Waals surface area contributed by atoms with Crippen LogP contribution in [0.5, 0.6) is 17.2 Å². The molecule has 0 spiro atoms. The van der Waals surface area contributed by atoms with Gasteiger partial charge in [0.05, 0.1) is 16.4 Å². The van der Waals surface area contributed by atoms with Gasteiger partial charge in [-0.05, 0) is 37.4 Å². The molecule has 5 rings (SSSR count). The number of hydrogen-bond acceptors (Lipinski definition) is 4. The third-order valence-corrected chi connectivity index (χ3v) is 8.12. The highest BCUT2D eigenvalue weighted by Crippen LogP contribution is 2.43. The summed E-state index contributed by atoms with van der Waals surface area (Å²) in [5.74, 6) is 0.298. The number of alkyl halides is 6. The van der Waals surface area contributed by atoms with Gasteiger partial charge in [0.2, 0.25) is 0 Å². The van der Waals surface area contributed by atoms with Crippen LogP contribution < -0.4 is 19.5 Å². The Morgan fingerprint density at radius 1 is 0.532 bits per heavy atom. The maximum absolute atomic E-state index is 14.0. The lowest BCUT2D eigenvalue weighted by molar-refractivity contribution is -0.143. The van der Waals surface area contributed by atoms with Gasteiger partial charge in [0.15, 0.2) is 5.52 Å². The van der Waals surface area contributed by atoms with E-state index in [1.807, 2.05) is 30.3 Å². The summed E-state index contributed by atoms with van der Waals surface area (Å²) in [5, 5.41) is -0.000902. The molecule has 0 saturated heterocycles. The number of carbonyl (C=O) groups is 1. The topological polar surface area (TPSA) is 44.8 Å². The lowest BCUT2D eigenvalue weighted by atomic mass is 10.0. The summed E-state index contributed by atoms with van der Waals surface area (Å²) in [4.78, 5) is 13.7. The van der Waals surface area contributed by atoms with Crippen molar-refractivity contribution >= 4 is 19.4 Å². The van der Waals surface area contributed by atoms with Crippen LogP contribution in [-0.4, -0.2) is 5.52 Å². The summed E-state index contributed by atoms with van der Waals surface area (Å²) in [6.07, 6.45) is -10.4. The molecule has 0 heterocycles. The number of ether oxygens (including phenoxy) is 3. The molecule has 0 radical (unpaired) electrons. The Balaban J connectivity index is 1.60. The van der Waals surface area contributed by atoms with E-state index < -0.39 is 43.1 Å². The molecule has 0 aliphatic heterocycles. The maximum Gasteiger partial charge on any atom is 0.417 e. The highest BCUT2D eigenvalue weighted by Gasteiger charge is 2.43. The van der Waals surface area contributed by atoms with Crippen molar-refractivity contribution in [2.24, 2.45) is 0 Å². The van der Waals surface area contributed by atoms with Gasteiger partial charge in [0.25, 0.3) is 0 Å². The highest BCUT2D eigenvalue weighted by atomic mass is 31.1. The van der Waals surface area contributed by atoms with Crippen LogP contribution in [0.2, 0.25) is 0 Å². The van der Waals surface area contributed by atoms with Crippen molar-refractivity contribution in [1.29, 1.82) is 0 Å². The quantitative estimate of drug-likeness (QED) is 0.0982. The number of benzene rings is 5. The highest BCUT2D eigenvalue weighted by molar-refractivity contribution is 7.66. The number of carbonyl (C=O) groups excluding carboxylic acids is 1. The summed E-state index contributed by atoms with van der Waals surface area (Å²) < 4.78 is 102. The van der Waals surface area contributed by atoms with Crippen molar-refractivity contribution in [3.8, 4) is 17.2 Å². The standard InChI is InChI=1S/C36H27F6O4P/c37-35(38,39)28-17-10-18-29(36(40,41)42)32(28)34(43)47-33-30(45-22-25-13-6-2-7-14-25)19-27(44-21-24-11-4-1-5-12-24)20-31(33)46-23-26-15-8-3-9-16-26/h1-20,47H,21-23H2. The largest absolute Gasteiger partial charge is 0.489 e. The van der Waals surface area contributed by atoms with Gasteiger partial charge >= 0.3 is 12.4 Å². The Morgan fingerprint density at radius 2 is 0.915 bits per heavy atom. The molecule has 0 aliphatic rings. The first-order chi connectivity index (χ1) is 22.5. The van der Waals surface area contributed by atoms with Crippen molar-refractivity contribution < 1.29 is 45.3 Å². The molecular weight excluding hydrogens is 641 g/mol. The van der Waals surface area contributed by atoms with Gasteiger partial charge < -0.3 is 14.2 Å². The molecule has 5 aromatic carbocycles. The molecule has 0 saturated carbocycles. The summed E-state index contributed by atoms with van der Waals surface area (Å²) in [6.45, 7) is 0.116. The van der Waals surface area contributed by atoms with Crippen molar-refractivity contribution in [3.63, 3.8) is 0 Å². The van der Waals surface area contributed by atoms with E-state index in [9.17, 15) is 31.1 Å². The zero-order valence-corrected chi connectivity index (χ0v) is 25.6. The van der Waals surface area contributed by atoms with E-state index in [4.69, 9.17) is 14.2 Å². The van der Waals surface area contributed by atoms with Gasteiger partial charge in [0, 0.05) is 17.7 Å². The molecule has 0 fully saturated rings. The van der Waals surface area contributed by atoms with Crippen LogP contribution in [0, 0.1) is 0 Å². The molecule has 0 N–H and O–H groups in total. The maximum atomic E-state index is 14.0. The second kappa shape index (κ2) is 14.7. The fraction of sp³-hybridized carbons (Fsp3) is 0.139. The molecule has 1 atom stereocenters. The molecule has 0 aromatic heterocycles. The molecule has 0 amide bonds. The molecule has 4 nitrogen and oxygen atoms in total. The van der Waals surface area contributed by atoms with Crippen LogP contribution in [-0.2, 0) is 32.2 Å². The molecular formula is C36H27F6O4P. The lowest BCUT2D eigenvalue weighted by Gasteiger charge is -2.21. The SMILES string of the molecule is O=C(Pc1c(OCc2ccccc2)cc(OCc2ccccc2)cc1OCc1ccccc1)c1c(C(F)(F)F)cccc1C(F)(F)F. The van der Waals surface area contributed by atoms with E-state index in [1.165, 1.54) is 12.1 Å². The summed E-state index contributed by atoms with van der Waals surface area (Å²) in [5.41, 5.74) is -3.88. The van der Waals surface area contributed by atoms with E-state index in [-0.39, 0.29) is 42.4 Å². The zero-order valence-electron chi connectivity index (χ0n) is 24.6. The van der Waals surface area contributed by atoms with Gasteiger partial charge in [-0.25, -0.2) is 0 Å². The Bertz CT molecular complexity index is 1700. The van der Waals surface area contributed by atoms with E-state index in [2.05, 4.69) is 0 Å². The minimum atomic E-state index is -5.22. The number of rotatable bonds is 12. The minimum absolute atomic E-state index is 0.000902. The summed E-state index contributed by atoms with van der Waals surface area (Å²) >= 11 is 0. The molecule has 0 aliphatic carbocycles. The second-order valence-electron chi connectivity index (χ2n) is 10.3. The predicted molar refractivity (Wildman–Crippen MR) is 167 cm³/mol. The van der Waals surface area contributed by atoms with E-state index >= 15 is 0 Å². The Hall–Kier alpha value is -4.82. The third-order valence-electron chi connectivity index (χ3n) is 6.90. The van der Waals surface area contributed by atoms with E-state index in [1.54, 1.807) is 60.7 Å². The van der Waals surface area contributed by atoms with E-state index in [0.29, 0.717) is 18.2 Å². The Morgan fingerprint density at radius 3 is 1.30 bits per heavy atom. The first kappa shape index (κ1) is 33.5. The normalized spacial score (nSPS) is 11.9. The Labute approximate surface area is 268 Å². The van der Waals surface area contributed by atoms with Crippen LogP contribution in [0.3, 0.4) is 0 Å². The van der Waals surface area contributed by atoms with Gasteiger partial charge in [-0.1, -0.05) is 97.1 Å². The summed E-state index contributed by atoms with van der Waals surface area (Å²) in [6, 6.07) is 31.6. The smallest absolute Gasteiger partial charge is 0.417 e. The van der Waals surface area contributed by atoms with Crippen molar-refractivity contribution in [1.82, 2.24) is 0 Å². The molecule has 0 bridgehead atoms. The monoisotopic (exact) mass is 668 g/mol. The van der Waals surface area contributed by atoms with Gasteiger partial charge in [-0.3, -0.25) is 4.79 Å². The van der Waals surface area contributed by atoms with Crippen LogP contribution >= 0.6 is 8.58 Å². The number of hydrogen-bond donors (Lipinski definition) is 0. The van der Waals surface area contributed by atoms with Crippen molar-refractivity contribution in [3.05, 3.63) is 155 Å². The van der Waals surface area contributed by atoms with Crippen LogP contribution in [0.1, 0.15) is 38.2 Å². The predicted octanol–water partition coefficient (Wildman–Crippen LogP) is 9.61. The third kappa shape index (κ3) is 8.92. The fourth-order valence-corrected chi connectivity index (χ4v) is 5.81. The first-order valence-corrected chi connectivity index (χ1v) is 15.3. The van der Waals surface area contributed by atoms with Crippen LogP contribution in [0.25, 0.3) is 0 Å². The molecule has 242 valence electrons. The first-order valence-electron chi connectivity index (χ1n) is 14.3. The molecule has 11 heteroatoms. The Kier molecular flexibility index (Phi) is 10.5. The van der Waals surface area contributed by atoms with Crippen LogP contribution in [0.4, 0.5) is 26.3 Å². The average molecular weight is 669 g/mol. The van der Waals surface area contributed by atoms with Crippen molar-refractivity contribution in [2.75, 3.05) is 0 Å². The lowest BCUT2D eigenvalue weighted by Crippen LogP contribution is -2.20. The average Bonchev–Trinajstić information content (AvgIpc) is 3.06. The minimum Gasteiger partial charge on any atom is -0.489 e. The van der Waals surface area contributed by atoms with Gasteiger partial charge in [-0.15, -0.1) is 0 Å². The fourth-order valence-electron chi connectivity index (χ4n) is 4.66. The second-order valence-corrected chi connectivity index (χ2v) is 11.5. The number of halogens is 6.